The van der Waals surface area contributed by atoms with Gasteiger partial charge in [0.25, 0.3) is 0 Å². The maximum absolute atomic E-state index is 11.1. The van der Waals surface area contributed by atoms with Crippen molar-refractivity contribution in [3.8, 4) is 0 Å². The van der Waals surface area contributed by atoms with Gasteiger partial charge in [0.2, 0.25) is 7.34 Å². The second-order valence-corrected chi connectivity index (χ2v) is 2.54. The van der Waals surface area contributed by atoms with Gasteiger partial charge in [0.1, 0.15) is 12.1 Å². The van der Waals surface area contributed by atoms with Gasteiger partial charge >= 0.3 is 5.97 Å². The van der Waals surface area contributed by atoms with Crippen molar-refractivity contribution in [2.24, 2.45) is 0 Å². The van der Waals surface area contributed by atoms with Gasteiger partial charge in [-0.2, -0.15) is 0 Å². The molecule has 0 spiro atoms. The van der Waals surface area contributed by atoms with Crippen LogP contribution < -0.4 is 5.32 Å². The molecule has 0 radical (unpaired) electrons. The molecular weight excluding hydrogens is 162 g/mol. The highest BCUT2D eigenvalue weighted by molar-refractivity contribution is 5.90. The molecule has 12 heavy (non-hydrogen) atoms. The molecule has 5 nitrogen and oxygen atoms in total. The predicted molar refractivity (Wildman–Crippen MR) is 39.2 cm³/mol. The largest absolute Gasteiger partial charge is 0.464 e. The molecule has 0 saturated carbocycles. The summed E-state index contributed by atoms with van der Waals surface area (Å²) in [5, 5.41) is 6.49. The number of hydrogen-bond acceptors (Lipinski definition) is 4. The first-order chi connectivity index (χ1) is 6.19. The monoisotopic (exact) mass is 174 g/mol. The van der Waals surface area contributed by atoms with Crippen LogP contribution in [0.15, 0.2) is 0 Å². The van der Waals surface area contributed by atoms with E-state index in [9.17, 15) is 9.59 Å². The quantitative estimate of drug-likeness (QED) is 0.527. The average Bonchev–Trinajstić information content (AvgIpc) is 2.47. The molecule has 1 saturated heterocycles. The normalized spacial score (nSPS) is 29.4. The fourth-order valence-corrected chi connectivity index (χ4v) is 1.04. The summed E-state index contributed by atoms with van der Waals surface area (Å²) in [6.07, 6.45) is -0.685. The molecule has 1 fully saturated rings. The van der Waals surface area contributed by atoms with E-state index in [-0.39, 0.29) is 13.0 Å². The molecule has 1 aliphatic heterocycles. The molecule has 0 aromatic carbocycles. The third kappa shape index (κ3) is 1.73. The van der Waals surface area contributed by atoms with E-state index in [0.717, 1.165) is 0 Å². The number of carbonyl (C=O) groups is 2. The van der Waals surface area contributed by atoms with Gasteiger partial charge in [0.15, 0.2) is 0 Å². The Morgan fingerprint density at radius 3 is 3.25 bits per heavy atom. The minimum atomic E-state index is -0.852. The summed E-state index contributed by atoms with van der Waals surface area (Å²) in [7, 11) is 0. The molecule has 0 aromatic rings. The first kappa shape index (κ1) is 7.54. The van der Waals surface area contributed by atoms with Crippen molar-refractivity contribution in [2.45, 2.75) is 25.5 Å². The fraction of sp³-hybridized carbons (Fsp3) is 0.714. The maximum Gasteiger partial charge on any atom is 0.328 e. The Morgan fingerprint density at radius 1 is 2.00 bits per heavy atom. The number of amides is 1. The number of aliphatic hydroxyl groups excluding tert-OH is 1. The standard InChI is InChI=1S/C7H11NO4/c1-2-12-7(11)4-3-5(9)6(10)8-4/h4-5,9H,2-3H2,1H3,(H,8,10)/t4-,5?/m0/s1/i9D. The van der Waals surface area contributed by atoms with Crippen molar-refractivity contribution in [3.63, 3.8) is 0 Å². The summed E-state index contributed by atoms with van der Waals surface area (Å²) in [5.74, 6) is -0.913. The third-order valence-electron chi connectivity index (χ3n) is 1.63. The van der Waals surface area contributed by atoms with Crippen molar-refractivity contribution < 1.29 is 19.4 Å². The van der Waals surface area contributed by atoms with Crippen LogP contribution in [0.25, 0.3) is 0 Å². The minimum Gasteiger partial charge on any atom is -0.464 e. The van der Waals surface area contributed by atoms with Crippen LogP contribution in [0.3, 0.4) is 0 Å². The fourth-order valence-electron chi connectivity index (χ4n) is 1.04. The van der Waals surface area contributed by atoms with Crippen LogP contribution in [0.1, 0.15) is 13.3 Å². The smallest absolute Gasteiger partial charge is 0.328 e. The van der Waals surface area contributed by atoms with Crippen molar-refractivity contribution in [1.29, 1.82) is 1.43 Å². The van der Waals surface area contributed by atoms with E-state index in [1.807, 2.05) is 0 Å². The van der Waals surface area contributed by atoms with Crippen molar-refractivity contribution in [2.75, 3.05) is 6.61 Å². The number of aliphatic hydroxyl groups is 1. The summed E-state index contributed by atoms with van der Waals surface area (Å²) in [6.45, 7) is 1.96. The third-order valence-corrected chi connectivity index (χ3v) is 1.63. The van der Waals surface area contributed by atoms with Gasteiger partial charge in [-0.15, -0.1) is 0 Å². The molecule has 2 atom stereocenters. The number of hydrogen-bond donors (Lipinski definition) is 2. The lowest BCUT2D eigenvalue weighted by atomic mass is 10.2. The molecule has 0 aliphatic carbocycles. The summed E-state index contributed by atoms with van der Waals surface area (Å²) >= 11 is 0. The zero-order valence-electron chi connectivity index (χ0n) is 7.70. The molecule has 1 heterocycles. The minimum absolute atomic E-state index is 0.168. The van der Waals surface area contributed by atoms with E-state index in [1.165, 1.54) is 0 Å². The first-order valence-corrected chi connectivity index (χ1v) is 3.78. The summed E-state index contributed by atoms with van der Waals surface area (Å²) in [5.41, 5.74) is 0. The Balaban J connectivity index is 2.48. The maximum atomic E-state index is 11.1. The lowest BCUT2D eigenvalue weighted by molar-refractivity contribution is -0.145. The second kappa shape index (κ2) is 3.53. The van der Waals surface area contributed by atoms with Gasteiger partial charge in [-0.1, -0.05) is 0 Å². The Bertz CT molecular complexity index is 221. The Hall–Kier alpha value is -1.10. The van der Waals surface area contributed by atoms with Gasteiger partial charge in [0.05, 0.1) is 6.61 Å². The highest BCUT2D eigenvalue weighted by atomic mass is 16.5. The zero-order chi connectivity index (χ0) is 9.84. The number of carbonyl (C=O) groups excluding carboxylic acids is 2. The van der Waals surface area contributed by atoms with Crippen LogP contribution in [0, 0.1) is 0 Å². The number of esters is 1. The van der Waals surface area contributed by atoms with Gasteiger partial charge < -0.3 is 15.2 Å². The topological polar surface area (TPSA) is 75.6 Å². The molecule has 1 rings (SSSR count). The van der Waals surface area contributed by atoms with E-state index in [0.29, 0.717) is 0 Å². The van der Waals surface area contributed by atoms with E-state index >= 15 is 0 Å². The Labute approximate surface area is 71.2 Å². The van der Waals surface area contributed by atoms with Crippen LogP contribution in [-0.2, 0) is 14.3 Å². The summed E-state index contributed by atoms with van der Waals surface area (Å²) < 4.78 is 11.2. The number of rotatable bonds is 3. The molecular formula is C7H11NO4. The van der Waals surface area contributed by atoms with Gasteiger partial charge in [0, 0.05) is 6.42 Å². The number of nitrogens with one attached hydrogen (secondary N) is 1. The Morgan fingerprint density at radius 2 is 2.75 bits per heavy atom. The molecule has 2 N–H and O–H groups in total. The molecule has 68 valence electrons. The van der Waals surface area contributed by atoms with Crippen LogP contribution in [0.4, 0.5) is 0 Å². The highest BCUT2D eigenvalue weighted by Crippen LogP contribution is 2.08. The predicted octanol–water partition coefficient (Wildman–Crippen LogP) is -1.20. The second-order valence-electron chi connectivity index (χ2n) is 2.54. The van der Waals surface area contributed by atoms with E-state index < -0.39 is 24.0 Å². The molecule has 1 aliphatic rings. The van der Waals surface area contributed by atoms with Crippen molar-refractivity contribution in [1.82, 2.24) is 5.32 Å². The molecule has 5 heteroatoms. The molecule has 1 amide bonds. The van der Waals surface area contributed by atoms with Crippen molar-refractivity contribution in [3.05, 3.63) is 0 Å². The zero-order valence-corrected chi connectivity index (χ0v) is 6.70. The van der Waals surface area contributed by atoms with Gasteiger partial charge in [-0.05, 0) is 6.92 Å². The lowest BCUT2D eigenvalue weighted by Gasteiger charge is -2.07. The summed E-state index contributed by atoms with van der Waals surface area (Å²) in [6, 6.07) is -0.664. The highest BCUT2D eigenvalue weighted by Gasteiger charge is 2.35. The first-order valence-electron chi connectivity index (χ1n) is 4.18. The van der Waals surface area contributed by atoms with Gasteiger partial charge in [-0.25, -0.2) is 4.79 Å². The van der Waals surface area contributed by atoms with Gasteiger partial charge in [-0.3, -0.25) is 4.79 Å². The van der Waals surface area contributed by atoms with Crippen LogP contribution >= 0.6 is 0 Å². The van der Waals surface area contributed by atoms with E-state index in [4.69, 9.17) is 6.17 Å². The van der Waals surface area contributed by atoms with Crippen molar-refractivity contribution >= 4 is 11.9 Å². The average molecular weight is 174 g/mol. The molecule has 1 unspecified atom stereocenters. The summed E-state index contributed by atoms with van der Waals surface area (Å²) in [4.78, 5) is 22.1. The SMILES string of the molecule is [2H]OC1C[C@@H](C(=O)OCC)NC1=O. The lowest BCUT2D eigenvalue weighted by Crippen LogP contribution is -2.34. The van der Waals surface area contributed by atoms with Crippen LogP contribution in [0.5, 0.6) is 0 Å². The van der Waals surface area contributed by atoms with Crippen LogP contribution in [-0.4, -0.2) is 37.2 Å². The number of ether oxygens (including phenoxy) is 1. The molecule has 0 aromatic heterocycles. The van der Waals surface area contributed by atoms with E-state index in [1.54, 1.807) is 6.92 Å². The van der Waals surface area contributed by atoms with Crippen LogP contribution in [0.2, 0.25) is 0 Å². The van der Waals surface area contributed by atoms with E-state index in [2.05, 4.69) is 10.4 Å². The Kier molecular flexibility index (Phi) is 2.22. The molecule has 0 bridgehead atoms.